The van der Waals surface area contributed by atoms with Crippen LogP contribution in [0, 0.1) is 5.92 Å². The van der Waals surface area contributed by atoms with Gasteiger partial charge in [0.15, 0.2) is 0 Å². The Labute approximate surface area is 101 Å². The molecule has 0 saturated carbocycles. The van der Waals surface area contributed by atoms with E-state index in [9.17, 15) is 9.59 Å². The predicted octanol–water partition coefficient (Wildman–Crippen LogP) is 2.02. The Bertz CT molecular complexity index is 434. The first kappa shape index (κ1) is 11.8. The molecule has 1 heterocycles. The lowest BCUT2D eigenvalue weighted by Gasteiger charge is -2.09. The molecule has 1 N–H and O–H groups in total. The Morgan fingerprint density at radius 1 is 1.24 bits per heavy atom. The highest BCUT2D eigenvalue weighted by Crippen LogP contribution is 2.20. The topological polar surface area (TPSA) is 46.2 Å². The molecule has 1 atom stereocenters. The van der Waals surface area contributed by atoms with Crippen LogP contribution in [0.15, 0.2) is 24.3 Å². The van der Waals surface area contributed by atoms with Gasteiger partial charge in [-0.15, -0.1) is 0 Å². The normalized spacial score (nSPS) is 19.8. The van der Waals surface area contributed by atoms with Crippen LogP contribution in [0.4, 0.5) is 0 Å². The fourth-order valence-corrected chi connectivity index (χ4v) is 2.09. The minimum absolute atomic E-state index is 0.136. The van der Waals surface area contributed by atoms with E-state index in [1.165, 1.54) is 5.56 Å². The molecule has 0 radical (unpaired) electrons. The molecule has 0 spiro atoms. The number of imide groups is 1. The zero-order chi connectivity index (χ0) is 12.4. The highest BCUT2D eigenvalue weighted by Gasteiger charge is 2.30. The van der Waals surface area contributed by atoms with Gasteiger partial charge in [0.1, 0.15) is 0 Å². The zero-order valence-corrected chi connectivity index (χ0v) is 10.2. The SMILES string of the molecule is CC(C)c1ccc(CC2CC(=O)NC2=O)cc1. The van der Waals surface area contributed by atoms with Crippen LogP contribution in [-0.4, -0.2) is 11.8 Å². The first-order valence-corrected chi connectivity index (χ1v) is 5.99. The van der Waals surface area contributed by atoms with Crippen molar-refractivity contribution in [2.45, 2.75) is 32.6 Å². The second-order valence-corrected chi connectivity index (χ2v) is 4.91. The van der Waals surface area contributed by atoms with Crippen LogP contribution in [0.5, 0.6) is 0 Å². The van der Waals surface area contributed by atoms with E-state index in [-0.39, 0.29) is 17.7 Å². The highest BCUT2D eigenvalue weighted by molar-refractivity contribution is 6.03. The quantitative estimate of drug-likeness (QED) is 0.809. The van der Waals surface area contributed by atoms with Crippen molar-refractivity contribution in [2.24, 2.45) is 5.92 Å². The van der Waals surface area contributed by atoms with Crippen molar-refractivity contribution in [2.75, 3.05) is 0 Å². The molecule has 3 heteroatoms. The van der Waals surface area contributed by atoms with Crippen LogP contribution in [0.2, 0.25) is 0 Å². The van der Waals surface area contributed by atoms with E-state index < -0.39 is 0 Å². The van der Waals surface area contributed by atoms with Gasteiger partial charge < -0.3 is 0 Å². The van der Waals surface area contributed by atoms with E-state index in [1.807, 2.05) is 12.1 Å². The summed E-state index contributed by atoms with van der Waals surface area (Å²) in [6.07, 6.45) is 0.973. The summed E-state index contributed by atoms with van der Waals surface area (Å²) >= 11 is 0. The minimum atomic E-state index is -0.188. The molecular weight excluding hydrogens is 214 g/mol. The lowest BCUT2D eigenvalue weighted by atomic mass is 9.95. The van der Waals surface area contributed by atoms with Gasteiger partial charge in [-0.3, -0.25) is 14.9 Å². The number of hydrogen-bond acceptors (Lipinski definition) is 2. The fourth-order valence-electron chi connectivity index (χ4n) is 2.09. The maximum Gasteiger partial charge on any atom is 0.230 e. The number of carbonyl (C=O) groups is 2. The molecule has 1 aliphatic rings. The van der Waals surface area contributed by atoms with Crippen LogP contribution in [-0.2, 0) is 16.0 Å². The minimum Gasteiger partial charge on any atom is -0.296 e. The van der Waals surface area contributed by atoms with Gasteiger partial charge in [-0.2, -0.15) is 0 Å². The van der Waals surface area contributed by atoms with Gasteiger partial charge in [-0.05, 0) is 23.5 Å². The first-order valence-electron chi connectivity index (χ1n) is 5.99. The molecule has 17 heavy (non-hydrogen) atoms. The van der Waals surface area contributed by atoms with Gasteiger partial charge in [0.05, 0.1) is 5.92 Å². The third-order valence-electron chi connectivity index (χ3n) is 3.19. The molecule has 1 unspecified atom stereocenters. The van der Waals surface area contributed by atoms with Crippen molar-refractivity contribution in [1.29, 1.82) is 0 Å². The van der Waals surface area contributed by atoms with Crippen molar-refractivity contribution < 1.29 is 9.59 Å². The summed E-state index contributed by atoms with van der Waals surface area (Å²) in [5.74, 6) is 0.0366. The Morgan fingerprint density at radius 2 is 1.88 bits per heavy atom. The number of amides is 2. The molecule has 3 nitrogen and oxygen atoms in total. The molecule has 90 valence electrons. The Hall–Kier alpha value is -1.64. The van der Waals surface area contributed by atoms with Crippen LogP contribution in [0.25, 0.3) is 0 Å². The molecule has 0 bridgehead atoms. The second kappa shape index (κ2) is 4.70. The molecule has 2 rings (SSSR count). The Morgan fingerprint density at radius 3 is 2.35 bits per heavy atom. The monoisotopic (exact) mass is 231 g/mol. The summed E-state index contributed by atoms with van der Waals surface area (Å²) in [6, 6.07) is 8.28. The molecule has 0 aromatic heterocycles. The Kier molecular flexibility index (Phi) is 3.27. The summed E-state index contributed by atoms with van der Waals surface area (Å²) < 4.78 is 0. The molecular formula is C14H17NO2. The lowest BCUT2D eigenvalue weighted by molar-refractivity contribution is -0.125. The van der Waals surface area contributed by atoms with E-state index >= 15 is 0 Å². The van der Waals surface area contributed by atoms with Crippen molar-refractivity contribution in [3.63, 3.8) is 0 Å². The largest absolute Gasteiger partial charge is 0.296 e. The summed E-state index contributed by atoms with van der Waals surface area (Å²) in [4.78, 5) is 22.5. The highest BCUT2D eigenvalue weighted by atomic mass is 16.2. The summed E-state index contributed by atoms with van der Waals surface area (Å²) in [6.45, 7) is 4.30. The third kappa shape index (κ3) is 2.73. The Balaban J connectivity index is 2.04. The number of rotatable bonds is 3. The maximum atomic E-state index is 11.4. The van der Waals surface area contributed by atoms with E-state index in [1.54, 1.807) is 0 Å². The molecule has 1 fully saturated rings. The van der Waals surface area contributed by atoms with Crippen molar-refractivity contribution >= 4 is 11.8 Å². The molecule has 2 amide bonds. The maximum absolute atomic E-state index is 11.4. The lowest BCUT2D eigenvalue weighted by Crippen LogP contribution is -2.22. The van der Waals surface area contributed by atoms with Gasteiger partial charge in [-0.25, -0.2) is 0 Å². The second-order valence-electron chi connectivity index (χ2n) is 4.91. The van der Waals surface area contributed by atoms with Gasteiger partial charge in [0.2, 0.25) is 11.8 Å². The van der Waals surface area contributed by atoms with E-state index in [4.69, 9.17) is 0 Å². The number of hydrogen-bond donors (Lipinski definition) is 1. The van der Waals surface area contributed by atoms with E-state index in [0.717, 1.165) is 5.56 Å². The van der Waals surface area contributed by atoms with Crippen LogP contribution in [0.1, 0.15) is 37.3 Å². The van der Waals surface area contributed by atoms with Crippen LogP contribution >= 0.6 is 0 Å². The van der Waals surface area contributed by atoms with Gasteiger partial charge in [0.25, 0.3) is 0 Å². The third-order valence-corrected chi connectivity index (χ3v) is 3.19. The molecule has 0 aliphatic carbocycles. The number of nitrogens with one attached hydrogen (secondary N) is 1. The van der Waals surface area contributed by atoms with Crippen molar-refractivity contribution in [3.05, 3.63) is 35.4 Å². The summed E-state index contributed by atoms with van der Waals surface area (Å²) in [7, 11) is 0. The van der Waals surface area contributed by atoms with E-state index in [0.29, 0.717) is 18.8 Å². The van der Waals surface area contributed by atoms with Gasteiger partial charge in [0, 0.05) is 6.42 Å². The molecule has 1 aromatic rings. The van der Waals surface area contributed by atoms with Crippen molar-refractivity contribution in [1.82, 2.24) is 5.32 Å². The van der Waals surface area contributed by atoms with Crippen LogP contribution < -0.4 is 5.32 Å². The average molecular weight is 231 g/mol. The molecule has 1 saturated heterocycles. The fraction of sp³-hybridized carbons (Fsp3) is 0.429. The van der Waals surface area contributed by atoms with E-state index in [2.05, 4.69) is 31.3 Å². The average Bonchev–Trinajstić information content (AvgIpc) is 2.58. The standard InChI is InChI=1S/C14H17NO2/c1-9(2)11-5-3-10(4-6-11)7-12-8-13(16)15-14(12)17/h3-6,9,12H,7-8H2,1-2H3,(H,15,16,17). The predicted molar refractivity (Wildman–Crippen MR) is 65.5 cm³/mol. The number of benzene rings is 1. The number of carbonyl (C=O) groups excluding carboxylic acids is 2. The van der Waals surface area contributed by atoms with Crippen LogP contribution in [0.3, 0.4) is 0 Å². The van der Waals surface area contributed by atoms with Crippen molar-refractivity contribution in [3.8, 4) is 0 Å². The first-order chi connectivity index (χ1) is 8.06. The molecule has 1 aromatic carbocycles. The zero-order valence-electron chi connectivity index (χ0n) is 10.2. The van der Waals surface area contributed by atoms with Gasteiger partial charge >= 0.3 is 0 Å². The van der Waals surface area contributed by atoms with Gasteiger partial charge in [-0.1, -0.05) is 38.1 Å². The summed E-state index contributed by atoms with van der Waals surface area (Å²) in [5, 5.41) is 2.34. The smallest absolute Gasteiger partial charge is 0.230 e. The molecule has 1 aliphatic heterocycles. The summed E-state index contributed by atoms with van der Waals surface area (Å²) in [5.41, 5.74) is 2.41.